The smallest absolute Gasteiger partial charge is 0.573 e. The van der Waals surface area contributed by atoms with Gasteiger partial charge in [0, 0.05) is 17.6 Å². The summed E-state index contributed by atoms with van der Waals surface area (Å²) in [6.45, 7) is 10.6. The summed E-state index contributed by atoms with van der Waals surface area (Å²) in [5.74, 6) is 0. The maximum absolute atomic E-state index is 4.80. The molecule has 0 fully saturated rings. The number of pyridine rings is 1. The van der Waals surface area contributed by atoms with Crippen molar-refractivity contribution in [2.75, 3.05) is 0 Å². The number of hydrogen-bond donors (Lipinski definition) is 0. The summed E-state index contributed by atoms with van der Waals surface area (Å²) in [6.07, 6.45) is 8.93. The van der Waals surface area contributed by atoms with Crippen LogP contribution < -0.4 is 10.2 Å². The van der Waals surface area contributed by atoms with E-state index in [9.17, 15) is 0 Å². The molecule has 7 nitrogen and oxygen atoms in total. The summed E-state index contributed by atoms with van der Waals surface area (Å²) in [6, 6.07) is 8.01. The Labute approximate surface area is 215 Å². The Bertz CT molecular complexity index is 1210. The van der Waals surface area contributed by atoms with Crippen LogP contribution in [0.1, 0.15) is 68.6 Å². The normalized spacial score (nSPS) is 12.9. The van der Waals surface area contributed by atoms with E-state index in [0.29, 0.717) is 0 Å². The van der Waals surface area contributed by atoms with Crippen LogP contribution in [0.5, 0.6) is 0 Å². The van der Waals surface area contributed by atoms with E-state index in [1.165, 1.54) is 24.0 Å². The molecule has 5 rings (SSSR count). The van der Waals surface area contributed by atoms with Crippen LogP contribution >= 0.6 is 0 Å². The largest absolute Gasteiger partial charge is 2.00 e. The number of aryl methyl sites for hydroxylation is 2. The summed E-state index contributed by atoms with van der Waals surface area (Å²) in [4.78, 5) is 4.80. The first kappa shape index (κ1) is 26.0. The summed E-state index contributed by atoms with van der Waals surface area (Å²) < 4.78 is 0. The van der Waals surface area contributed by atoms with E-state index in [4.69, 9.17) is 4.98 Å². The van der Waals surface area contributed by atoms with Gasteiger partial charge in [0.05, 0.1) is 17.6 Å². The van der Waals surface area contributed by atoms with Gasteiger partial charge >= 0.3 is 21.1 Å². The van der Waals surface area contributed by atoms with Crippen LogP contribution in [-0.2, 0) is 45.7 Å². The molecule has 180 valence electrons. The standard InChI is InChI=1S/C18H19N5.C8H12N2.Pt/c1-3-13-11(2)17(22-20-13)15-9-6-10-16(19-15)18-12-7-4-5-8-14(12)21-23-18;1-8(2,3)7-4-5-9-10-6-7;/h6,9-10H,3-5,7-8H2,1-2H3;4-6H,1-3H3;/q-2;;+2. The summed E-state index contributed by atoms with van der Waals surface area (Å²) in [5, 5.41) is 24.8. The maximum Gasteiger partial charge on any atom is 2.00 e. The quantitative estimate of drug-likeness (QED) is 0.324. The van der Waals surface area contributed by atoms with Crippen molar-refractivity contribution in [1.29, 1.82) is 0 Å². The van der Waals surface area contributed by atoms with E-state index in [1.807, 2.05) is 24.3 Å². The first-order chi connectivity index (χ1) is 15.9. The summed E-state index contributed by atoms with van der Waals surface area (Å²) in [7, 11) is 0. The predicted molar refractivity (Wildman–Crippen MR) is 129 cm³/mol. The SMILES string of the molecule is CC(C)(C)c1ccnnc1.CCc1n[n-]c(-c2cccc(-c3[n-]nc4c3CCCC4)n2)c1C.[Pt+2]. The fourth-order valence-corrected chi connectivity index (χ4v) is 4.04. The minimum absolute atomic E-state index is 0. The molecule has 0 amide bonds. The van der Waals surface area contributed by atoms with Gasteiger partial charge in [0.1, 0.15) is 0 Å². The monoisotopic (exact) mass is 636 g/mol. The molecule has 0 radical (unpaired) electrons. The molecule has 34 heavy (non-hydrogen) atoms. The molecule has 4 aromatic rings. The second-order valence-corrected chi connectivity index (χ2v) is 9.44. The van der Waals surface area contributed by atoms with Gasteiger partial charge in [-0.1, -0.05) is 45.1 Å². The molecule has 4 heterocycles. The fraction of sp³-hybridized carbons (Fsp3) is 0.423. The first-order valence-corrected chi connectivity index (χ1v) is 11.6. The van der Waals surface area contributed by atoms with Gasteiger partial charge in [-0.2, -0.15) is 10.2 Å². The third kappa shape index (κ3) is 5.69. The molecule has 4 aromatic heterocycles. The van der Waals surface area contributed by atoms with Crippen LogP contribution in [0.2, 0.25) is 0 Å². The third-order valence-electron chi connectivity index (χ3n) is 6.07. The number of hydrogen-bond acceptors (Lipinski definition) is 5. The Hall–Kier alpha value is -2.66. The second-order valence-electron chi connectivity index (χ2n) is 9.44. The molecule has 0 atom stereocenters. The molecular formula is C26H31N7Pt. The van der Waals surface area contributed by atoms with Gasteiger partial charge in [0.2, 0.25) is 0 Å². The molecule has 8 heteroatoms. The number of rotatable bonds is 3. The Morgan fingerprint density at radius 2 is 1.62 bits per heavy atom. The van der Waals surface area contributed by atoms with Gasteiger partial charge in [0.25, 0.3) is 0 Å². The first-order valence-electron chi connectivity index (χ1n) is 11.6. The zero-order valence-electron chi connectivity index (χ0n) is 20.4. The Morgan fingerprint density at radius 1 is 0.912 bits per heavy atom. The average molecular weight is 637 g/mol. The van der Waals surface area contributed by atoms with Crippen LogP contribution in [0.3, 0.4) is 0 Å². The molecule has 1 aliphatic rings. The van der Waals surface area contributed by atoms with Crippen molar-refractivity contribution in [1.82, 2.24) is 35.6 Å². The van der Waals surface area contributed by atoms with E-state index in [2.05, 4.69) is 65.2 Å². The number of fused-ring (bicyclic) bond motifs is 1. The number of aromatic nitrogens is 7. The minimum atomic E-state index is 0. The molecular weight excluding hydrogens is 605 g/mol. The van der Waals surface area contributed by atoms with E-state index < -0.39 is 0 Å². The Kier molecular flexibility index (Phi) is 8.53. The van der Waals surface area contributed by atoms with E-state index >= 15 is 0 Å². The zero-order chi connectivity index (χ0) is 23.4. The number of nitrogens with zero attached hydrogens (tertiary/aromatic N) is 7. The van der Waals surface area contributed by atoms with Gasteiger partial charge in [-0.15, -0.1) is 0 Å². The van der Waals surface area contributed by atoms with Crippen LogP contribution in [0, 0.1) is 6.92 Å². The van der Waals surface area contributed by atoms with Crippen LogP contribution in [0.25, 0.3) is 22.8 Å². The van der Waals surface area contributed by atoms with Crippen molar-refractivity contribution in [3.8, 4) is 22.8 Å². The molecule has 0 N–H and O–H groups in total. The molecule has 1 aliphatic carbocycles. The van der Waals surface area contributed by atoms with E-state index in [0.717, 1.165) is 59.0 Å². The molecule has 0 aromatic carbocycles. The topological polar surface area (TPSA) is 92.7 Å². The van der Waals surface area contributed by atoms with Gasteiger partial charge < -0.3 is 20.4 Å². The van der Waals surface area contributed by atoms with Crippen molar-refractivity contribution in [2.24, 2.45) is 0 Å². The van der Waals surface area contributed by atoms with Gasteiger partial charge in [-0.05, 0) is 79.3 Å². The van der Waals surface area contributed by atoms with Crippen molar-refractivity contribution >= 4 is 0 Å². The molecule has 0 unspecified atom stereocenters. The Morgan fingerprint density at radius 3 is 2.24 bits per heavy atom. The van der Waals surface area contributed by atoms with Crippen molar-refractivity contribution in [2.45, 2.75) is 72.1 Å². The van der Waals surface area contributed by atoms with Crippen molar-refractivity contribution in [3.05, 3.63) is 64.7 Å². The second kappa shape index (κ2) is 11.2. The zero-order valence-corrected chi connectivity index (χ0v) is 22.7. The van der Waals surface area contributed by atoms with Gasteiger partial charge in [-0.25, -0.2) is 0 Å². The minimum Gasteiger partial charge on any atom is -0.573 e. The molecule has 0 aliphatic heterocycles. The van der Waals surface area contributed by atoms with E-state index in [-0.39, 0.29) is 26.5 Å². The summed E-state index contributed by atoms with van der Waals surface area (Å²) in [5.41, 5.74) is 9.56. The molecule has 0 bridgehead atoms. The van der Waals surface area contributed by atoms with Crippen LogP contribution in [-0.4, -0.2) is 25.4 Å². The van der Waals surface area contributed by atoms with Crippen LogP contribution in [0.4, 0.5) is 0 Å². The van der Waals surface area contributed by atoms with Gasteiger partial charge in [-0.3, -0.25) is 4.98 Å². The predicted octanol–water partition coefficient (Wildman–Crippen LogP) is 4.64. The van der Waals surface area contributed by atoms with Crippen molar-refractivity contribution < 1.29 is 21.1 Å². The van der Waals surface area contributed by atoms with Gasteiger partial charge in [0.15, 0.2) is 0 Å². The van der Waals surface area contributed by atoms with E-state index in [1.54, 1.807) is 12.4 Å². The maximum atomic E-state index is 4.80. The average Bonchev–Trinajstić information content (AvgIpc) is 3.43. The third-order valence-corrected chi connectivity index (χ3v) is 6.07. The summed E-state index contributed by atoms with van der Waals surface area (Å²) >= 11 is 0. The molecule has 0 saturated carbocycles. The van der Waals surface area contributed by atoms with Crippen molar-refractivity contribution in [3.63, 3.8) is 0 Å². The molecule has 0 spiro atoms. The molecule has 0 saturated heterocycles. The fourth-order valence-electron chi connectivity index (χ4n) is 4.04. The Balaban J connectivity index is 0.000000250. The van der Waals surface area contributed by atoms with Crippen LogP contribution in [0.15, 0.2) is 36.7 Å².